The predicted octanol–water partition coefficient (Wildman–Crippen LogP) is 2.16. The number of rotatable bonds is 4. The van der Waals surface area contributed by atoms with Gasteiger partial charge in [-0.2, -0.15) is 0 Å². The normalized spacial score (nSPS) is 15.5. The molecule has 0 atom stereocenters. The number of para-hydroxylation sites is 1. The van der Waals surface area contributed by atoms with Crippen molar-refractivity contribution in [1.82, 2.24) is 14.9 Å². The molecule has 0 aliphatic carbocycles. The van der Waals surface area contributed by atoms with Crippen LogP contribution in [-0.2, 0) is 11.3 Å². The van der Waals surface area contributed by atoms with Crippen molar-refractivity contribution in [1.29, 1.82) is 0 Å². The molecule has 1 aromatic carbocycles. The first kappa shape index (κ1) is 15.8. The van der Waals surface area contributed by atoms with Crippen LogP contribution in [-0.4, -0.2) is 47.1 Å². The van der Waals surface area contributed by atoms with E-state index >= 15 is 0 Å². The highest BCUT2D eigenvalue weighted by Gasteiger charge is 2.13. The first-order valence-electron chi connectivity index (χ1n) is 8.37. The second-order valence-electron chi connectivity index (χ2n) is 6.26. The van der Waals surface area contributed by atoms with Gasteiger partial charge in [-0.3, -0.25) is 14.7 Å². The maximum atomic E-state index is 11.6. The summed E-state index contributed by atoms with van der Waals surface area (Å²) >= 11 is 0. The molecule has 6 nitrogen and oxygen atoms in total. The molecular formula is C19H20N4O2. The maximum absolute atomic E-state index is 11.6. The highest BCUT2D eigenvalue weighted by Crippen LogP contribution is 2.25. The Morgan fingerprint density at radius 2 is 2.08 bits per heavy atom. The minimum absolute atomic E-state index is 0.437. The van der Waals surface area contributed by atoms with E-state index in [-0.39, 0.29) is 0 Å². The van der Waals surface area contributed by atoms with Gasteiger partial charge in [-0.05, 0) is 23.8 Å². The Morgan fingerprint density at radius 1 is 1.24 bits per heavy atom. The summed E-state index contributed by atoms with van der Waals surface area (Å²) in [6.45, 7) is 4.39. The van der Waals surface area contributed by atoms with Gasteiger partial charge in [0.05, 0.1) is 35.7 Å². The van der Waals surface area contributed by atoms with Crippen molar-refractivity contribution >= 4 is 16.8 Å². The van der Waals surface area contributed by atoms with Crippen LogP contribution in [0, 0.1) is 0 Å². The van der Waals surface area contributed by atoms with Gasteiger partial charge < -0.3 is 15.5 Å². The molecule has 128 valence electrons. The molecule has 3 aromatic rings. The van der Waals surface area contributed by atoms with Gasteiger partial charge >= 0.3 is 0 Å². The molecule has 2 aromatic heterocycles. The molecule has 0 unspecified atom stereocenters. The zero-order chi connectivity index (χ0) is 17.2. The van der Waals surface area contributed by atoms with Crippen LogP contribution in [0.15, 0.2) is 42.6 Å². The number of pyridine rings is 1. The quantitative estimate of drug-likeness (QED) is 0.765. The Morgan fingerprint density at radius 3 is 2.80 bits per heavy atom. The topological polar surface area (TPSA) is 84.2 Å². The molecule has 0 radical (unpaired) electrons. The number of ether oxygens (including phenoxy) is 1. The van der Waals surface area contributed by atoms with E-state index in [2.05, 4.69) is 20.9 Å². The second-order valence-corrected chi connectivity index (χ2v) is 6.26. The highest BCUT2D eigenvalue weighted by atomic mass is 16.5. The molecule has 4 rings (SSSR count). The summed E-state index contributed by atoms with van der Waals surface area (Å²) in [5.74, 6) is -0.437. The molecule has 3 N–H and O–H groups in total. The van der Waals surface area contributed by atoms with E-state index in [1.54, 1.807) is 6.07 Å². The average molecular weight is 336 g/mol. The number of nitrogens with one attached hydrogen (secondary N) is 1. The third-order valence-corrected chi connectivity index (χ3v) is 4.53. The van der Waals surface area contributed by atoms with Crippen LogP contribution in [0.4, 0.5) is 0 Å². The standard InChI is InChI=1S/C19H20N4O2/c20-19(24)15-3-1-2-14-10-17(22-18(14)15)16-5-4-13(11-21-16)12-23-6-8-25-9-7-23/h1-5,10-11,22H,6-9,12H2,(H2,20,24). The van der Waals surface area contributed by atoms with Crippen LogP contribution in [0.25, 0.3) is 22.3 Å². The molecule has 1 aliphatic heterocycles. The highest BCUT2D eigenvalue weighted by molar-refractivity contribution is 6.05. The van der Waals surface area contributed by atoms with E-state index in [9.17, 15) is 4.79 Å². The van der Waals surface area contributed by atoms with Crippen molar-refractivity contribution in [2.24, 2.45) is 5.73 Å². The number of carbonyl (C=O) groups is 1. The van der Waals surface area contributed by atoms with Gasteiger partial charge in [0.2, 0.25) is 0 Å². The van der Waals surface area contributed by atoms with E-state index < -0.39 is 5.91 Å². The lowest BCUT2D eigenvalue weighted by atomic mass is 10.1. The van der Waals surface area contributed by atoms with E-state index in [1.807, 2.05) is 30.5 Å². The molecule has 0 spiro atoms. The molecule has 1 amide bonds. The lowest BCUT2D eigenvalue weighted by Gasteiger charge is -2.26. The van der Waals surface area contributed by atoms with E-state index in [0.29, 0.717) is 5.56 Å². The number of carbonyl (C=O) groups excluding carboxylic acids is 1. The van der Waals surface area contributed by atoms with Crippen molar-refractivity contribution in [3.63, 3.8) is 0 Å². The van der Waals surface area contributed by atoms with Crippen LogP contribution in [0.3, 0.4) is 0 Å². The van der Waals surface area contributed by atoms with E-state index in [0.717, 1.165) is 55.1 Å². The summed E-state index contributed by atoms with van der Waals surface area (Å²) in [5.41, 5.74) is 9.60. The summed E-state index contributed by atoms with van der Waals surface area (Å²) in [6, 6.07) is 11.6. The van der Waals surface area contributed by atoms with Gasteiger partial charge in [0.1, 0.15) is 0 Å². The summed E-state index contributed by atoms with van der Waals surface area (Å²) in [7, 11) is 0. The van der Waals surface area contributed by atoms with Crippen molar-refractivity contribution in [3.8, 4) is 11.4 Å². The zero-order valence-electron chi connectivity index (χ0n) is 13.9. The predicted molar refractivity (Wildman–Crippen MR) is 96.1 cm³/mol. The molecule has 1 saturated heterocycles. The number of H-pyrrole nitrogens is 1. The molecular weight excluding hydrogens is 316 g/mol. The Labute approximate surface area is 145 Å². The number of fused-ring (bicyclic) bond motifs is 1. The van der Waals surface area contributed by atoms with E-state index in [4.69, 9.17) is 10.5 Å². The zero-order valence-corrected chi connectivity index (χ0v) is 13.9. The lowest BCUT2D eigenvalue weighted by Crippen LogP contribution is -2.35. The summed E-state index contributed by atoms with van der Waals surface area (Å²) < 4.78 is 5.38. The third kappa shape index (κ3) is 3.26. The average Bonchev–Trinajstić information content (AvgIpc) is 3.07. The van der Waals surface area contributed by atoms with Gasteiger partial charge in [0.25, 0.3) is 5.91 Å². The minimum Gasteiger partial charge on any atom is -0.379 e. The first-order valence-corrected chi connectivity index (χ1v) is 8.37. The second kappa shape index (κ2) is 6.66. The molecule has 1 fully saturated rings. The third-order valence-electron chi connectivity index (χ3n) is 4.53. The van der Waals surface area contributed by atoms with Gasteiger partial charge in [0.15, 0.2) is 0 Å². The SMILES string of the molecule is NC(=O)c1cccc2cc(-c3ccc(CN4CCOCC4)cn3)[nH]c12. The number of nitrogens with two attached hydrogens (primary N) is 1. The molecule has 25 heavy (non-hydrogen) atoms. The Bertz CT molecular complexity index is 895. The molecule has 6 heteroatoms. The minimum atomic E-state index is -0.437. The van der Waals surface area contributed by atoms with Gasteiger partial charge in [0, 0.05) is 31.2 Å². The number of amides is 1. The number of aromatic amines is 1. The van der Waals surface area contributed by atoms with Gasteiger partial charge in [-0.15, -0.1) is 0 Å². The largest absolute Gasteiger partial charge is 0.379 e. The summed E-state index contributed by atoms with van der Waals surface area (Å²) in [5, 5.41) is 0.950. The monoisotopic (exact) mass is 336 g/mol. The first-order chi connectivity index (χ1) is 12.2. The lowest BCUT2D eigenvalue weighted by molar-refractivity contribution is 0.0341. The van der Waals surface area contributed by atoms with Crippen molar-refractivity contribution in [3.05, 3.63) is 53.7 Å². The number of nitrogens with zero attached hydrogens (tertiary/aromatic N) is 2. The number of hydrogen-bond acceptors (Lipinski definition) is 4. The number of benzene rings is 1. The fourth-order valence-electron chi connectivity index (χ4n) is 3.19. The number of primary amides is 1. The van der Waals surface area contributed by atoms with E-state index in [1.165, 1.54) is 5.56 Å². The number of morpholine rings is 1. The molecule has 3 heterocycles. The van der Waals surface area contributed by atoms with Crippen molar-refractivity contribution in [2.45, 2.75) is 6.54 Å². The van der Waals surface area contributed by atoms with Gasteiger partial charge in [-0.1, -0.05) is 18.2 Å². The van der Waals surface area contributed by atoms with Crippen LogP contribution in [0.1, 0.15) is 15.9 Å². The Hall–Kier alpha value is -2.70. The summed E-state index contributed by atoms with van der Waals surface area (Å²) in [6.07, 6.45) is 1.91. The van der Waals surface area contributed by atoms with Gasteiger partial charge in [-0.25, -0.2) is 0 Å². The molecule has 1 aliphatic rings. The smallest absolute Gasteiger partial charge is 0.250 e. The Balaban J connectivity index is 1.58. The van der Waals surface area contributed by atoms with Crippen molar-refractivity contribution in [2.75, 3.05) is 26.3 Å². The van der Waals surface area contributed by atoms with Crippen LogP contribution in [0.5, 0.6) is 0 Å². The van der Waals surface area contributed by atoms with Crippen molar-refractivity contribution < 1.29 is 9.53 Å². The fourth-order valence-corrected chi connectivity index (χ4v) is 3.19. The summed E-state index contributed by atoms with van der Waals surface area (Å²) in [4.78, 5) is 21.8. The fraction of sp³-hybridized carbons (Fsp3) is 0.263. The molecule has 0 bridgehead atoms. The molecule has 0 saturated carbocycles. The maximum Gasteiger partial charge on any atom is 0.250 e. The van der Waals surface area contributed by atoms with Crippen LogP contribution >= 0.6 is 0 Å². The Kier molecular flexibility index (Phi) is 4.21. The number of hydrogen-bond donors (Lipinski definition) is 2. The van der Waals surface area contributed by atoms with Crippen LogP contribution in [0.2, 0.25) is 0 Å². The number of aromatic nitrogens is 2. The van der Waals surface area contributed by atoms with Crippen LogP contribution < -0.4 is 5.73 Å².